The molecule has 0 radical (unpaired) electrons. The first-order valence-electron chi connectivity index (χ1n) is 13.3. The molecule has 6 unspecified atom stereocenters. The van der Waals surface area contributed by atoms with Crippen molar-refractivity contribution in [2.45, 2.75) is 84.5 Å². The largest absolute Gasteiger partial charge is 0.382 e. The lowest BCUT2D eigenvalue weighted by molar-refractivity contribution is -0.124. The molecule has 6 atom stereocenters. The van der Waals surface area contributed by atoms with E-state index in [1.807, 2.05) is 26.0 Å². The van der Waals surface area contributed by atoms with Crippen molar-refractivity contribution in [1.29, 1.82) is 0 Å². The van der Waals surface area contributed by atoms with Crippen molar-refractivity contribution in [2.75, 3.05) is 26.3 Å². The minimum atomic E-state index is -0.296. The van der Waals surface area contributed by atoms with E-state index in [2.05, 4.69) is 42.2 Å². The second kappa shape index (κ2) is 12.9. The average molecular weight is 506 g/mol. The molecule has 2 aliphatic heterocycles. The van der Waals surface area contributed by atoms with Crippen molar-refractivity contribution in [3.8, 4) is 0 Å². The van der Waals surface area contributed by atoms with Gasteiger partial charge in [-0.3, -0.25) is 19.9 Å². The molecule has 3 rings (SSSR count). The number of carbonyl (C=O) groups excluding carboxylic acids is 1. The van der Waals surface area contributed by atoms with Crippen molar-refractivity contribution < 1.29 is 18.8 Å². The van der Waals surface area contributed by atoms with Gasteiger partial charge in [0.15, 0.2) is 5.96 Å². The molecule has 2 heterocycles. The Labute approximate surface area is 215 Å². The standard InChI is InChI=1S/C27H44FN5O3/c1-7-27(6)18(4)23(15-24(33-27)20-11-10-17(3)22(28)14-20)31-26(29-12-9-13-35-8-2)32-25(34)21-16-30-36-19(21)5/h10-11,14,18-19,21,23-24,30,33H,7-9,12-13,15-16H2,1-6H3,(H2,29,31,32,34). The van der Waals surface area contributed by atoms with Gasteiger partial charge in [0, 0.05) is 43.9 Å². The fraction of sp³-hybridized carbons (Fsp3) is 0.704. The summed E-state index contributed by atoms with van der Waals surface area (Å²) in [5.74, 6) is 0.0909. The Morgan fingerprint density at radius 1 is 1.33 bits per heavy atom. The molecular weight excluding hydrogens is 461 g/mol. The van der Waals surface area contributed by atoms with Gasteiger partial charge in [-0.2, -0.15) is 0 Å². The van der Waals surface area contributed by atoms with Gasteiger partial charge in [-0.05, 0) is 70.1 Å². The number of nitrogens with one attached hydrogen (secondary N) is 4. The minimum absolute atomic E-state index is 0.0203. The van der Waals surface area contributed by atoms with Gasteiger partial charge in [-0.25, -0.2) is 9.87 Å². The Hall–Kier alpha value is -2.07. The Bertz CT molecular complexity index is 913. The van der Waals surface area contributed by atoms with E-state index in [4.69, 9.17) is 14.6 Å². The molecule has 1 aromatic rings. The topological polar surface area (TPSA) is 96.0 Å². The Balaban J connectivity index is 1.80. The zero-order valence-corrected chi connectivity index (χ0v) is 22.6. The van der Waals surface area contributed by atoms with Gasteiger partial charge in [0.2, 0.25) is 5.91 Å². The minimum Gasteiger partial charge on any atom is -0.382 e. The number of carbonyl (C=O) groups is 1. The number of aliphatic imine (C=N–C) groups is 1. The summed E-state index contributed by atoms with van der Waals surface area (Å²) in [5, 5.41) is 10.4. The first-order valence-corrected chi connectivity index (χ1v) is 13.3. The predicted octanol–water partition coefficient (Wildman–Crippen LogP) is 3.37. The first kappa shape index (κ1) is 28.5. The number of aryl methyl sites for hydroxylation is 1. The van der Waals surface area contributed by atoms with E-state index < -0.39 is 0 Å². The molecule has 202 valence electrons. The molecule has 8 nitrogen and oxygen atoms in total. The molecule has 0 bridgehead atoms. The van der Waals surface area contributed by atoms with Crippen molar-refractivity contribution >= 4 is 11.9 Å². The van der Waals surface area contributed by atoms with Gasteiger partial charge in [0.25, 0.3) is 0 Å². The van der Waals surface area contributed by atoms with Crippen LogP contribution in [0.4, 0.5) is 4.39 Å². The predicted molar refractivity (Wildman–Crippen MR) is 140 cm³/mol. The molecule has 0 saturated carbocycles. The fourth-order valence-corrected chi connectivity index (χ4v) is 4.98. The number of rotatable bonds is 9. The second-order valence-electron chi connectivity index (χ2n) is 10.3. The lowest BCUT2D eigenvalue weighted by Gasteiger charge is -2.49. The van der Waals surface area contributed by atoms with Crippen molar-refractivity contribution in [3.05, 3.63) is 35.1 Å². The van der Waals surface area contributed by atoms with Crippen LogP contribution in [0.5, 0.6) is 0 Å². The highest BCUT2D eigenvalue weighted by atomic mass is 19.1. The van der Waals surface area contributed by atoms with E-state index in [9.17, 15) is 9.18 Å². The van der Waals surface area contributed by atoms with Crippen LogP contribution in [-0.4, -0.2) is 55.9 Å². The van der Waals surface area contributed by atoms with Gasteiger partial charge in [0.05, 0.1) is 12.0 Å². The molecule has 9 heteroatoms. The van der Waals surface area contributed by atoms with Crippen LogP contribution in [0.3, 0.4) is 0 Å². The highest BCUT2D eigenvalue weighted by Crippen LogP contribution is 2.37. The quantitative estimate of drug-likeness (QED) is 0.234. The number of hydrogen-bond acceptors (Lipinski definition) is 6. The van der Waals surface area contributed by atoms with Crippen LogP contribution in [0.1, 0.15) is 71.0 Å². The Kier molecular flexibility index (Phi) is 10.2. The molecule has 1 amide bonds. The van der Waals surface area contributed by atoms with Crippen LogP contribution in [0.2, 0.25) is 0 Å². The number of hydroxylamine groups is 1. The molecule has 0 aromatic heterocycles. The Morgan fingerprint density at radius 3 is 2.75 bits per heavy atom. The van der Waals surface area contributed by atoms with Crippen LogP contribution in [-0.2, 0) is 14.4 Å². The van der Waals surface area contributed by atoms with E-state index in [1.165, 1.54) is 0 Å². The smallest absolute Gasteiger partial charge is 0.233 e. The number of halogens is 1. The van der Waals surface area contributed by atoms with Crippen molar-refractivity contribution in [2.24, 2.45) is 16.8 Å². The number of nitrogens with zero attached hydrogens (tertiary/aromatic N) is 1. The van der Waals surface area contributed by atoms with Gasteiger partial charge in [-0.1, -0.05) is 26.0 Å². The average Bonchev–Trinajstić information content (AvgIpc) is 3.29. The van der Waals surface area contributed by atoms with Crippen LogP contribution < -0.4 is 21.4 Å². The van der Waals surface area contributed by atoms with Crippen molar-refractivity contribution in [1.82, 2.24) is 21.4 Å². The summed E-state index contributed by atoms with van der Waals surface area (Å²) in [5.41, 5.74) is 4.20. The summed E-state index contributed by atoms with van der Waals surface area (Å²) in [6.07, 6.45) is 2.19. The van der Waals surface area contributed by atoms with E-state index in [-0.39, 0.29) is 47.3 Å². The van der Waals surface area contributed by atoms with Gasteiger partial charge >= 0.3 is 0 Å². The Morgan fingerprint density at radius 2 is 2.11 bits per heavy atom. The van der Waals surface area contributed by atoms with Gasteiger partial charge < -0.3 is 15.4 Å². The van der Waals surface area contributed by atoms with Gasteiger partial charge in [-0.15, -0.1) is 0 Å². The van der Waals surface area contributed by atoms with Crippen molar-refractivity contribution in [3.63, 3.8) is 0 Å². The number of ether oxygens (including phenoxy) is 1. The number of piperidine rings is 1. The molecule has 2 fully saturated rings. The molecule has 4 N–H and O–H groups in total. The second-order valence-corrected chi connectivity index (χ2v) is 10.3. The zero-order chi connectivity index (χ0) is 26.3. The SMILES string of the molecule is CCOCCCN=C(NC(=O)C1CNOC1C)NC1CC(c2ccc(C)c(F)c2)NC(C)(CC)C1C. The normalized spacial score (nSPS) is 30.9. The monoisotopic (exact) mass is 505 g/mol. The van der Waals surface area contributed by atoms with Crippen LogP contribution in [0.15, 0.2) is 23.2 Å². The summed E-state index contributed by atoms with van der Waals surface area (Å²) >= 11 is 0. The third-order valence-electron chi connectivity index (χ3n) is 7.90. The summed E-state index contributed by atoms with van der Waals surface area (Å²) in [6, 6.07) is 5.46. The maximum atomic E-state index is 14.4. The maximum absolute atomic E-state index is 14.4. The highest BCUT2D eigenvalue weighted by Gasteiger charge is 2.43. The maximum Gasteiger partial charge on any atom is 0.233 e. The summed E-state index contributed by atoms with van der Waals surface area (Å²) in [7, 11) is 0. The highest BCUT2D eigenvalue weighted by molar-refractivity contribution is 5.98. The molecule has 1 aromatic carbocycles. The zero-order valence-electron chi connectivity index (χ0n) is 22.6. The van der Waals surface area contributed by atoms with Crippen LogP contribution in [0, 0.1) is 24.6 Å². The number of benzene rings is 1. The third-order valence-corrected chi connectivity index (χ3v) is 7.90. The lowest BCUT2D eigenvalue weighted by Crippen LogP contribution is -2.63. The fourth-order valence-electron chi connectivity index (χ4n) is 4.98. The number of amides is 1. The van der Waals surface area contributed by atoms with E-state index in [0.717, 1.165) is 24.8 Å². The van der Waals surface area contributed by atoms with E-state index in [1.54, 1.807) is 13.0 Å². The van der Waals surface area contributed by atoms with E-state index in [0.29, 0.717) is 37.8 Å². The van der Waals surface area contributed by atoms with Crippen LogP contribution in [0.25, 0.3) is 0 Å². The van der Waals surface area contributed by atoms with E-state index >= 15 is 0 Å². The molecule has 2 aliphatic rings. The summed E-state index contributed by atoms with van der Waals surface area (Å²) in [6.45, 7) is 14.5. The summed E-state index contributed by atoms with van der Waals surface area (Å²) < 4.78 is 19.8. The molecule has 0 aliphatic carbocycles. The third kappa shape index (κ3) is 7.03. The molecule has 2 saturated heterocycles. The molecule has 0 spiro atoms. The lowest BCUT2D eigenvalue weighted by atomic mass is 9.72. The summed E-state index contributed by atoms with van der Waals surface area (Å²) in [4.78, 5) is 23.1. The first-order chi connectivity index (χ1) is 17.2. The molecular formula is C27H44FN5O3. The number of guanidine groups is 1. The number of hydrogen-bond donors (Lipinski definition) is 4. The molecule has 36 heavy (non-hydrogen) atoms. The van der Waals surface area contributed by atoms with Gasteiger partial charge in [0.1, 0.15) is 5.82 Å². The van der Waals surface area contributed by atoms with Crippen LogP contribution >= 0.6 is 0 Å².